The number of hydrogen-bond acceptors (Lipinski definition) is 3. The van der Waals surface area contributed by atoms with Gasteiger partial charge in [-0.05, 0) is 29.8 Å². The van der Waals surface area contributed by atoms with E-state index in [1.54, 1.807) is 6.07 Å². The molecule has 1 aliphatic heterocycles. The summed E-state index contributed by atoms with van der Waals surface area (Å²) in [5.74, 6) is -7.87. The van der Waals surface area contributed by atoms with Crippen molar-refractivity contribution in [2.45, 2.75) is 24.2 Å². The van der Waals surface area contributed by atoms with Crippen LogP contribution in [0.5, 0.6) is 0 Å². The largest absolute Gasteiger partial charge is 0.458 e. The Labute approximate surface area is 154 Å². The first-order valence-corrected chi connectivity index (χ1v) is 7.87. The Morgan fingerprint density at radius 2 is 1.57 bits per heavy atom. The smallest absolute Gasteiger partial charge is 0.364 e. The third-order valence-corrected chi connectivity index (χ3v) is 4.23. The predicted molar refractivity (Wildman–Crippen MR) is 86.1 cm³/mol. The zero-order valence-corrected chi connectivity index (χ0v) is 13.9. The van der Waals surface area contributed by atoms with Crippen molar-refractivity contribution in [1.29, 1.82) is 0 Å². The Balaban J connectivity index is 2.10. The van der Waals surface area contributed by atoms with Gasteiger partial charge < -0.3 is 5.11 Å². The molecular formula is C18H12F6N2O2. The maximum atomic E-state index is 14.2. The second-order valence-corrected chi connectivity index (χ2v) is 6.10. The van der Waals surface area contributed by atoms with E-state index in [0.717, 1.165) is 24.3 Å². The average molecular weight is 402 g/mol. The number of carbonyl (C=O) groups excluding carboxylic acids is 1. The third-order valence-electron chi connectivity index (χ3n) is 4.23. The predicted octanol–water partition coefficient (Wildman–Crippen LogP) is 3.96. The highest BCUT2D eigenvalue weighted by Crippen LogP contribution is 2.49. The number of nitrogens with zero attached hydrogens (tertiary/aromatic N) is 2. The van der Waals surface area contributed by atoms with Gasteiger partial charge in [-0.3, -0.25) is 4.79 Å². The molecule has 148 valence electrons. The first-order chi connectivity index (χ1) is 13.0. The van der Waals surface area contributed by atoms with Crippen molar-refractivity contribution in [3.63, 3.8) is 0 Å². The van der Waals surface area contributed by atoms with Gasteiger partial charge in [0.1, 0.15) is 5.82 Å². The molecule has 0 fully saturated rings. The molecule has 2 aromatic rings. The topological polar surface area (TPSA) is 52.9 Å². The van der Waals surface area contributed by atoms with Crippen LogP contribution in [-0.4, -0.2) is 39.6 Å². The molecule has 0 saturated carbocycles. The molecule has 28 heavy (non-hydrogen) atoms. The molecule has 0 aliphatic carbocycles. The first-order valence-electron chi connectivity index (χ1n) is 7.87. The van der Waals surface area contributed by atoms with Gasteiger partial charge in [0, 0.05) is 12.0 Å². The Bertz CT molecular complexity index is 912. The average Bonchev–Trinajstić information content (AvgIpc) is 3.01. The van der Waals surface area contributed by atoms with E-state index in [1.807, 2.05) is 0 Å². The second-order valence-electron chi connectivity index (χ2n) is 6.10. The molecule has 0 saturated heterocycles. The van der Waals surface area contributed by atoms with E-state index >= 15 is 0 Å². The quantitative estimate of drug-likeness (QED) is 0.791. The lowest BCUT2D eigenvalue weighted by Gasteiger charge is -2.38. The molecule has 1 heterocycles. The van der Waals surface area contributed by atoms with Crippen LogP contribution < -0.4 is 0 Å². The molecular weight excluding hydrogens is 390 g/mol. The summed E-state index contributed by atoms with van der Waals surface area (Å²) in [7, 11) is 0. The summed E-state index contributed by atoms with van der Waals surface area (Å²) < 4.78 is 80.4. The Hall–Kier alpha value is -2.88. The van der Waals surface area contributed by atoms with Gasteiger partial charge in [0.25, 0.3) is 5.91 Å². The number of hydrazone groups is 1. The lowest BCUT2D eigenvalue weighted by Crippen LogP contribution is -2.64. The molecule has 4 nitrogen and oxygen atoms in total. The van der Waals surface area contributed by atoms with Crippen LogP contribution in [0, 0.1) is 5.82 Å². The summed E-state index contributed by atoms with van der Waals surface area (Å²) in [6, 6.07) is 10.8. The lowest BCUT2D eigenvalue weighted by atomic mass is 9.95. The zero-order chi connectivity index (χ0) is 20.7. The SMILES string of the molecule is O=C(c1ccc(F)cc1)N1N=C(c2ccccc2)CC1(O)C(F)(F)C(F)(F)F. The standard InChI is InChI=1S/C18H12F6N2O2/c19-13-8-6-12(7-9-13)15(27)26-16(28,17(20,21)18(22,23)24)10-14(25-26)11-4-2-1-3-5-11/h1-9,28H,10H2. The Morgan fingerprint density at radius 1 is 1.00 bits per heavy atom. The number of hydrogen-bond donors (Lipinski definition) is 1. The summed E-state index contributed by atoms with van der Waals surface area (Å²) in [5, 5.41) is 13.7. The number of benzene rings is 2. The van der Waals surface area contributed by atoms with Crippen molar-refractivity contribution < 1.29 is 36.2 Å². The van der Waals surface area contributed by atoms with Crippen LogP contribution in [0.25, 0.3) is 0 Å². The molecule has 0 radical (unpaired) electrons. The molecule has 1 unspecified atom stereocenters. The normalized spacial score (nSPS) is 20.2. The Kier molecular flexibility index (Phi) is 4.70. The first kappa shape index (κ1) is 19.9. The molecule has 0 bridgehead atoms. The van der Waals surface area contributed by atoms with E-state index in [4.69, 9.17) is 0 Å². The van der Waals surface area contributed by atoms with Crippen LogP contribution in [0.2, 0.25) is 0 Å². The number of amides is 1. The highest BCUT2D eigenvalue weighted by Gasteiger charge is 2.75. The second kappa shape index (κ2) is 6.62. The van der Waals surface area contributed by atoms with Gasteiger partial charge in [0.15, 0.2) is 0 Å². The van der Waals surface area contributed by atoms with Gasteiger partial charge in [-0.2, -0.15) is 32.1 Å². The maximum Gasteiger partial charge on any atom is 0.458 e. The lowest BCUT2D eigenvalue weighted by molar-refractivity contribution is -0.362. The summed E-state index contributed by atoms with van der Waals surface area (Å²) >= 11 is 0. The van der Waals surface area contributed by atoms with E-state index < -0.39 is 41.5 Å². The van der Waals surface area contributed by atoms with Gasteiger partial charge >= 0.3 is 12.1 Å². The fourth-order valence-electron chi connectivity index (χ4n) is 2.74. The molecule has 3 rings (SSSR count). The van der Waals surface area contributed by atoms with Crippen LogP contribution in [0.3, 0.4) is 0 Å². The molecule has 1 amide bonds. The number of halogens is 6. The summed E-state index contributed by atoms with van der Waals surface area (Å²) in [4.78, 5) is 12.6. The molecule has 0 aromatic heterocycles. The maximum absolute atomic E-state index is 14.2. The van der Waals surface area contributed by atoms with Crippen molar-refractivity contribution in [2.75, 3.05) is 0 Å². The van der Waals surface area contributed by atoms with Crippen molar-refractivity contribution >= 4 is 11.6 Å². The fourth-order valence-corrected chi connectivity index (χ4v) is 2.74. The number of alkyl halides is 5. The van der Waals surface area contributed by atoms with Crippen molar-refractivity contribution in [2.24, 2.45) is 5.10 Å². The third kappa shape index (κ3) is 3.13. The summed E-state index contributed by atoms with van der Waals surface area (Å²) in [6.07, 6.45) is -7.40. The van der Waals surface area contributed by atoms with Gasteiger partial charge in [0.05, 0.1) is 5.71 Å². The highest BCUT2D eigenvalue weighted by molar-refractivity contribution is 6.05. The Morgan fingerprint density at radius 3 is 2.11 bits per heavy atom. The van der Waals surface area contributed by atoms with Gasteiger partial charge in [0.2, 0.25) is 5.72 Å². The van der Waals surface area contributed by atoms with Crippen molar-refractivity contribution in [1.82, 2.24) is 5.01 Å². The minimum atomic E-state index is -6.15. The molecule has 1 N–H and O–H groups in total. The minimum Gasteiger partial charge on any atom is -0.364 e. The van der Waals surface area contributed by atoms with Crippen molar-refractivity contribution in [3.8, 4) is 0 Å². The zero-order valence-electron chi connectivity index (χ0n) is 13.9. The number of aliphatic hydroxyl groups is 1. The van der Waals surface area contributed by atoms with Gasteiger partial charge in [-0.25, -0.2) is 4.39 Å². The van der Waals surface area contributed by atoms with Crippen LogP contribution in [0.4, 0.5) is 26.3 Å². The molecule has 2 aromatic carbocycles. The highest BCUT2D eigenvalue weighted by atomic mass is 19.4. The molecule has 1 atom stereocenters. The molecule has 0 spiro atoms. The van der Waals surface area contributed by atoms with E-state index in [1.165, 1.54) is 24.3 Å². The molecule has 10 heteroatoms. The summed E-state index contributed by atoms with van der Waals surface area (Å²) in [6.45, 7) is 0. The monoisotopic (exact) mass is 402 g/mol. The van der Waals surface area contributed by atoms with Gasteiger partial charge in [-0.1, -0.05) is 30.3 Å². The number of rotatable bonds is 3. The minimum absolute atomic E-state index is 0.160. The van der Waals surface area contributed by atoms with Crippen molar-refractivity contribution in [3.05, 3.63) is 71.5 Å². The summed E-state index contributed by atoms with van der Waals surface area (Å²) in [5.41, 5.74) is -4.58. The van der Waals surface area contributed by atoms with Crippen LogP contribution in [0.1, 0.15) is 22.3 Å². The fraction of sp³-hybridized carbons (Fsp3) is 0.222. The van der Waals surface area contributed by atoms with E-state index in [0.29, 0.717) is 0 Å². The van der Waals surface area contributed by atoms with Crippen LogP contribution >= 0.6 is 0 Å². The van der Waals surface area contributed by atoms with Crippen LogP contribution in [-0.2, 0) is 0 Å². The van der Waals surface area contributed by atoms with Gasteiger partial charge in [-0.15, -0.1) is 0 Å². The molecule has 1 aliphatic rings. The van der Waals surface area contributed by atoms with Crippen LogP contribution in [0.15, 0.2) is 59.7 Å². The van der Waals surface area contributed by atoms with E-state index in [-0.39, 0.29) is 16.3 Å². The number of carbonyl (C=O) groups is 1. The van der Waals surface area contributed by atoms with E-state index in [2.05, 4.69) is 5.10 Å². The van der Waals surface area contributed by atoms with E-state index in [9.17, 15) is 36.2 Å².